The Balaban J connectivity index is 1.74. The molecule has 1 heterocycles. The summed E-state index contributed by atoms with van der Waals surface area (Å²) in [5.74, 6) is 0. The molecule has 1 aliphatic carbocycles. The van der Waals surface area contributed by atoms with E-state index in [1.54, 1.807) is 12.1 Å². The molecule has 4 nitrogen and oxygen atoms in total. The van der Waals surface area contributed by atoms with Crippen molar-refractivity contribution in [2.24, 2.45) is 0 Å². The molecule has 0 bridgehead atoms. The lowest BCUT2D eigenvalue weighted by Gasteiger charge is -2.32. The SMILES string of the molecule is CS(=O)(=O)c1ccc(N(CC2CCCCN2)C2CC2)cc1. The van der Waals surface area contributed by atoms with Crippen LogP contribution in [0.15, 0.2) is 29.2 Å². The molecule has 0 spiro atoms. The molecule has 1 saturated carbocycles. The summed E-state index contributed by atoms with van der Waals surface area (Å²) >= 11 is 0. The van der Waals surface area contributed by atoms with Crippen LogP contribution < -0.4 is 10.2 Å². The highest BCUT2D eigenvalue weighted by atomic mass is 32.2. The van der Waals surface area contributed by atoms with Crippen molar-refractivity contribution in [1.82, 2.24) is 5.32 Å². The van der Waals surface area contributed by atoms with Gasteiger partial charge >= 0.3 is 0 Å². The van der Waals surface area contributed by atoms with Gasteiger partial charge in [0.25, 0.3) is 0 Å². The second-order valence-corrected chi connectivity index (χ2v) is 8.31. The van der Waals surface area contributed by atoms with Gasteiger partial charge in [0.2, 0.25) is 0 Å². The molecule has 0 amide bonds. The highest BCUT2D eigenvalue weighted by molar-refractivity contribution is 7.90. The summed E-state index contributed by atoms with van der Waals surface area (Å²) in [6.45, 7) is 2.15. The lowest BCUT2D eigenvalue weighted by molar-refractivity contribution is 0.398. The summed E-state index contributed by atoms with van der Waals surface area (Å²) in [5.41, 5.74) is 1.15. The molecule has 0 radical (unpaired) electrons. The fourth-order valence-electron chi connectivity index (χ4n) is 3.05. The molecule has 1 atom stereocenters. The van der Waals surface area contributed by atoms with Gasteiger partial charge in [0, 0.05) is 30.6 Å². The Kier molecular flexibility index (Phi) is 4.22. The Hall–Kier alpha value is -1.07. The number of piperidine rings is 1. The molecule has 2 fully saturated rings. The fraction of sp³-hybridized carbons (Fsp3) is 0.625. The lowest BCUT2D eigenvalue weighted by atomic mass is 10.0. The molecule has 3 rings (SSSR count). The van der Waals surface area contributed by atoms with Crippen molar-refractivity contribution in [3.63, 3.8) is 0 Å². The first-order valence-electron chi connectivity index (χ1n) is 7.84. The van der Waals surface area contributed by atoms with Crippen LogP contribution in [0, 0.1) is 0 Å². The van der Waals surface area contributed by atoms with E-state index in [9.17, 15) is 8.42 Å². The highest BCUT2D eigenvalue weighted by Crippen LogP contribution is 2.32. The number of sulfone groups is 1. The van der Waals surface area contributed by atoms with Gasteiger partial charge in [0.05, 0.1) is 4.90 Å². The average molecular weight is 308 g/mol. The largest absolute Gasteiger partial charge is 0.367 e. The van der Waals surface area contributed by atoms with Crippen molar-refractivity contribution in [3.8, 4) is 0 Å². The van der Waals surface area contributed by atoms with E-state index in [-0.39, 0.29) is 0 Å². The van der Waals surface area contributed by atoms with Crippen molar-refractivity contribution in [2.75, 3.05) is 24.2 Å². The second-order valence-electron chi connectivity index (χ2n) is 6.30. The van der Waals surface area contributed by atoms with Crippen LogP contribution in [-0.2, 0) is 9.84 Å². The first kappa shape index (κ1) is 14.9. The summed E-state index contributed by atoms with van der Waals surface area (Å²) in [6.07, 6.45) is 7.59. The predicted octanol–water partition coefficient (Wildman–Crippen LogP) is 2.20. The van der Waals surface area contributed by atoms with Gasteiger partial charge in [-0.2, -0.15) is 0 Å². The monoisotopic (exact) mass is 308 g/mol. The molecule has 5 heteroatoms. The topological polar surface area (TPSA) is 49.4 Å². The van der Waals surface area contributed by atoms with Crippen molar-refractivity contribution < 1.29 is 8.42 Å². The number of hydrogen-bond donors (Lipinski definition) is 1. The molecular weight excluding hydrogens is 284 g/mol. The molecule has 1 aromatic carbocycles. The Morgan fingerprint density at radius 2 is 1.86 bits per heavy atom. The summed E-state index contributed by atoms with van der Waals surface area (Å²) in [4.78, 5) is 2.85. The second kappa shape index (κ2) is 5.97. The zero-order chi connectivity index (χ0) is 14.9. The zero-order valence-electron chi connectivity index (χ0n) is 12.6. The van der Waals surface area contributed by atoms with Crippen LogP contribution >= 0.6 is 0 Å². The summed E-state index contributed by atoms with van der Waals surface area (Å²) < 4.78 is 23.1. The number of rotatable bonds is 5. The number of hydrogen-bond acceptors (Lipinski definition) is 4. The molecule has 116 valence electrons. The summed E-state index contributed by atoms with van der Waals surface area (Å²) in [7, 11) is -3.11. The van der Waals surface area contributed by atoms with Gasteiger partial charge in [0.1, 0.15) is 0 Å². The van der Waals surface area contributed by atoms with Crippen LogP contribution in [0.5, 0.6) is 0 Å². The van der Waals surface area contributed by atoms with Crippen LogP contribution in [0.3, 0.4) is 0 Å². The van der Waals surface area contributed by atoms with Gasteiger partial charge in [0.15, 0.2) is 9.84 Å². The smallest absolute Gasteiger partial charge is 0.175 e. The van der Waals surface area contributed by atoms with Gasteiger partial charge in [-0.1, -0.05) is 6.42 Å². The highest BCUT2D eigenvalue weighted by Gasteiger charge is 2.31. The third-order valence-corrected chi connectivity index (χ3v) is 5.54. The fourth-order valence-corrected chi connectivity index (χ4v) is 3.68. The molecule has 1 N–H and O–H groups in total. The van der Waals surface area contributed by atoms with Crippen molar-refractivity contribution in [3.05, 3.63) is 24.3 Å². The van der Waals surface area contributed by atoms with Gasteiger partial charge < -0.3 is 10.2 Å². The first-order chi connectivity index (χ1) is 10.0. The molecule has 1 aromatic rings. The maximum atomic E-state index is 11.6. The minimum absolute atomic E-state index is 0.401. The van der Waals surface area contributed by atoms with E-state index in [0.29, 0.717) is 17.0 Å². The number of benzene rings is 1. The summed E-state index contributed by atoms with van der Waals surface area (Å²) in [5, 5.41) is 3.60. The summed E-state index contributed by atoms with van der Waals surface area (Å²) in [6, 6.07) is 8.57. The molecule has 0 aromatic heterocycles. The van der Waals surface area contributed by atoms with Crippen molar-refractivity contribution >= 4 is 15.5 Å². The van der Waals surface area contributed by atoms with Crippen LogP contribution in [-0.4, -0.2) is 39.8 Å². The standard InChI is InChI=1S/C16H24N2O2S/c1-21(19,20)16-9-7-15(8-10-16)18(14-5-6-14)12-13-4-2-3-11-17-13/h7-10,13-14,17H,2-6,11-12H2,1H3. The minimum Gasteiger partial charge on any atom is -0.367 e. The predicted molar refractivity (Wildman–Crippen MR) is 85.6 cm³/mol. The number of anilines is 1. The number of nitrogens with zero attached hydrogens (tertiary/aromatic N) is 1. The van der Waals surface area contributed by atoms with E-state index >= 15 is 0 Å². The van der Waals surface area contributed by atoms with Crippen LogP contribution in [0.25, 0.3) is 0 Å². The van der Waals surface area contributed by atoms with Gasteiger partial charge in [-0.05, 0) is 56.5 Å². The van der Waals surface area contributed by atoms with E-state index < -0.39 is 9.84 Å². The van der Waals surface area contributed by atoms with E-state index in [1.807, 2.05) is 12.1 Å². The maximum absolute atomic E-state index is 11.6. The van der Waals surface area contributed by atoms with Gasteiger partial charge in [-0.15, -0.1) is 0 Å². The van der Waals surface area contributed by atoms with Crippen molar-refractivity contribution in [1.29, 1.82) is 0 Å². The minimum atomic E-state index is -3.11. The van der Waals surface area contributed by atoms with Crippen LogP contribution in [0.4, 0.5) is 5.69 Å². The van der Waals surface area contributed by atoms with E-state index in [2.05, 4.69) is 10.2 Å². The van der Waals surface area contributed by atoms with Crippen LogP contribution in [0.2, 0.25) is 0 Å². The molecule has 21 heavy (non-hydrogen) atoms. The molecular formula is C16H24N2O2S. The van der Waals surface area contributed by atoms with E-state index in [0.717, 1.165) is 18.8 Å². The third-order valence-electron chi connectivity index (χ3n) is 4.41. The molecule has 2 aliphatic rings. The number of nitrogens with one attached hydrogen (secondary N) is 1. The van der Waals surface area contributed by atoms with E-state index in [4.69, 9.17) is 0 Å². The van der Waals surface area contributed by atoms with Gasteiger partial charge in [-0.3, -0.25) is 0 Å². The maximum Gasteiger partial charge on any atom is 0.175 e. The van der Waals surface area contributed by atoms with Crippen molar-refractivity contribution in [2.45, 2.75) is 49.1 Å². The average Bonchev–Trinajstić information content (AvgIpc) is 3.30. The van der Waals surface area contributed by atoms with E-state index in [1.165, 1.54) is 38.4 Å². The Labute approximate surface area is 127 Å². The van der Waals surface area contributed by atoms with Gasteiger partial charge in [-0.25, -0.2) is 8.42 Å². The molecule has 1 saturated heterocycles. The third kappa shape index (κ3) is 3.77. The zero-order valence-corrected chi connectivity index (χ0v) is 13.4. The lowest BCUT2D eigenvalue weighted by Crippen LogP contribution is -2.44. The molecule has 1 aliphatic heterocycles. The Morgan fingerprint density at radius 1 is 1.14 bits per heavy atom. The Bertz CT molecular complexity index is 573. The Morgan fingerprint density at radius 3 is 2.38 bits per heavy atom. The normalized spacial score (nSPS) is 23.0. The first-order valence-corrected chi connectivity index (χ1v) is 9.73. The molecule has 1 unspecified atom stereocenters. The quantitative estimate of drug-likeness (QED) is 0.906. The van der Waals surface area contributed by atoms with Crippen LogP contribution in [0.1, 0.15) is 32.1 Å².